The minimum atomic E-state index is -0.0478. The Bertz CT molecular complexity index is 349. The van der Waals surface area contributed by atoms with Gasteiger partial charge in [0.2, 0.25) is 0 Å². The molecular weight excluding hydrogens is 234 g/mol. The van der Waals surface area contributed by atoms with Gasteiger partial charge < -0.3 is 4.90 Å². The molecule has 108 valence electrons. The van der Waals surface area contributed by atoms with Gasteiger partial charge in [0.25, 0.3) is 0 Å². The highest BCUT2D eigenvalue weighted by molar-refractivity contribution is 5.88. The highest BCUT2D eigenvalue weighted by Gasteiger charge is 2.41. The molecular formula is C17H29NO. The summed E-state index contributed by atoms with van der Waals surface area (Å²) >= 11 is 0. The average molecular weight is 263 g/mol. The molecule has 2 aliphatic carbocycles. The zero-order valence-electron chi connectivity index (χ0n) is 12.7. The van der Waals surface area contributed by atoms with Gasteiger partial charge in [0.05, 0.1) is 0 Å². The normalized spacial score (nSPS) is 39.3. The van der Waals surface area contributed by atoms with E-state index in [1.807, 2.05) is 0 Å². The van der Waals surface area contributed by atoms with Gasteiger partial charge in [-0.3, -0.25) is 4.79 Å². The number of hydrogen-bond acceptors (Lipinski definition) is 2. The number of Topliss-reactive ketones (excluding diaryl/α,β-unsaturated/α-hetero) is 1. The van der Waals surface area contributed by atoms with Crippen molar-refractivity contribution < 1.29 is 4.79 Å². The molecule has 3 fully saturated rings. The Hall–Kier alpha value is -0.370. The fourth-order valence-electron chi connectivity index (χ4n) is 4.67. The number of piperidine rings is 1. The summed E-state index contributed by atoms with van der Waals surface area (Å²) in [6.07, 6.45) is 9.39. The van der Waals surface area contributed by atoms with E-state index in [9.17, 15) is 4.79 Å². The number of nitrogens with zero attached hydrogens (tertiary/aromatic N) is 1. The zero-order valence-corrected chi connectivity index (χ0v) is 12.7. The van der Waals surface area contributed by atoms with Gasteiger partial charge in [-0.05, 0) is 44.1 Å². The van der Waals surface area contributed by atoms with Gasteiger partial charge in [-0.25, -0.2) is 0 Å². The Morgan fingerprint density at radius 1 is 1.11 bits per heavy atom. The lowest BCUT2D eigenvalue weighted by Crippen LogP contribution is -2.44. The summed E-state index contributed by atoms with van der Waals surface area (Å²) < 4.78 is 0. The summed E-state index contributed by atoms with van der Waals surface area (Å²) in [5.74, 6) is 2.79. The van der Waals surface area contributed by atoms with Crippen LogP contribution in [-0.4, -0.2) is 30.3 Å². The Balaban J connectivity index is 1.55. The predicted molar refractivity (Wildman–Crippen MR) is 78.0 cm³/mol. The van der Waals surface area contributed by atoms with Crippen LogP contribution in [0, 0.1) is 23.2 Å². The van der Waals surface area contributed by atoms with Crippen molar-refractivity contribution >= 4 is 5.78 Å². The SMILES string of the molecule is CC1(C)CCC(CN2CCC3CCCCC3C2)C1=O. The molecule has 3 aliphatic rings. The first-order chi connectivity index (χ1) is 9.06. The van der Waals surface area contributed by atoms with Crippen molar-refractivity contribution in [3.05, 3.63) is 0 Å². The van der Waals surface area contributed by atoms with E-state index >= 15 is 0 Å². The van der Waals surface area contributed by atoms with E-state index in [2.05, 4.69) is 18.7 Å². The Morgan fingerprint density at radius 3 is 2.53 bits per heavy atom. The second kappa shape index (κ2) is 5.20. The molecule has 3 atom stereocenters. The van der Waals surface area contributed by atoms with Crippen molar-refractivity contribution in [2.75, 3.05) is 19.6 Å². The first-order valence-electron chi connectivity index (χ1n) is 8.33. The second-order valence-electron chi connectivity index (χ2n) is 7.84. The molecule has 2 saturated carbocycles. The maximum absolute atomic E-state index is 12.4. The van der Waals surface area contributed by atoms with Gasteiger partial charge in [-0.2, -0.15) is 0 Å². The van der Waals surface area contributed by atoms with Crippen molar-refractivity contribution in [1.82, 2.24) is 4.90 Å². The van der Waals surface area contributed by atoms with Gasteiger partial charge in [0, 0.05) is 24.4 Å². The van der Waals surface area contributed by atoms with E-state index < -0.39 is 0 Å². The summed E-state index contributed by atoms with van der Waals surface area (Å²) in [6, 6.07) is 0. The molecule has 1 heterocycles. The third kappa shape index (κ3) is 2.74. The van der Waals surface area contributed by atoms with E-state index in [4.69, 9.17) is 0 Å². The molecule has 2 heteroatoms. The van der Waals surface area contributed by atoms with E-state index in [0.717, 1.165) is 31.2 Å². The summed E-state index contributed by atoms with van der Waals surface area (Å²) in [6.45, 7) is 7.82. The molecule has 19 heavy (non-hydrogen) atoms. The lowest BCUT2D eigenvalue weighted by Gasteiger charge is -2.42. The number of likely N-dealkylation sites (tertiary alicyclic amines) is 1. The monoisotopic (exact) mass is 263 g/mol. The van der Waals surface area contributed by atoms with Crippen LogP contribution in [0.25, 0.3) is 0 Å². The van der Waals surface area contributed by atoms with Crippen LogP contribution in [-0.2, 0) is 4.79 Å². The molecule has 0 spiro atoms. The lowest BCUT2D eigenvalue weighted by molar-refractivity contribution is -0.128. The molecule has 0 aromatic heterocycles. The number of hydrogen-bond donors (Lipinski definition) is 0. The van der Waals surface area contributed by atoms with Gasteiger partial charge in [-0.1, -0.05) is 33.1 Å². The summed E-state index contributed by atoms with van der Waals surface area (Å²) in [5.41, 5.74) is -0.0478. The molecule has 0 amide bonds. The zero-order chi connectivity index (χ0) is 13.5. The van der Waals surface area contributed by atoms with Crippen LogP contribution in [0.4, 0.5) is 0 Å². The van der Waals surface area contributed by atoms with E-state index in [0.29, 0.717) is 11.7 Å². The van der Waals surface area contributed by atoms with Crippen LogP contribution in [0.1, 0.15) is 58.8 Å². The topological polar surface area (TPSA) is 20.3 Å². The van der Waals surface area contributed by atoms with Crippen LogP contribution in [0.5, 0.6) is 0 Å². The van der Waals surface area contributed by atoms with Gasteiger partial charge in [0.15, 0.2) is 0 Å². The summed E-state index contributed by atoms with van der Waals surface area (Å²) in [4.78, 5) is 15.0. The summed E-state index contributed by atoms with van der Waals surface area (Å²) in [5, 5.41) is 0. The van der Waals surface area contributed by atoms with Crippen molar-refractivity contribution in [2.24, 2.45) is 23.2 Å². The molecule has 0 radical (unpaired) electrons. The van der Waals surface area contributed by atoms with Crippen molar-refractivity contribution in [3.63, 3.8) is 0 Å². The molecule has 1 saturated heterocycles. The van der Waals surface area contributed by atoms with Crippen molar-refractivity contribution in [1.29, 1.82) is 0 Å². The minimum Gasteiger partial charge on any atom is -0.302 e. The molecule has 0 bridgehead atoms. The van der Waals surface area contributed by atoms with E-state index in [1.165, 1.54) is 45.2 Å². The van der Waals surface area contributed by atoms with Crippen molar-refractivity contribution in [2.45, 2.75) is 58.8 Å². The third-order valence-electron chi connectivity index (χ3n) is 6.01. The third-order valence-corrected chi connectivity index (χ3v) is 6.01. The van der Waals surface area contributed by atoms with Crippen LogP contribution in [0.3, 0.4) is 0 Å². The van der Waals surface area contributed by atoms with E-state index in [-0.39, 0.29) is 5.41 Å². The van der Waals surface area contributed by atoms with Crippen LogP contribution < -0.4 is 0 Å². The quantitative estimate of drug-likeness (QED) is 0.760. The van der Waals surface area contributed by atoms with Crippen molar-refractivity contribution in [3.8, 4) is 0 Å². The van der Waals surface area contributed by atoms with Crippen LogP contribution in [0.15, 0.2) is 0 Å². The number of rotatable bonds is 2. The fraction of sp³-hybridized carbons (Fsp3) is 0.941. The Morgan fingerprint density at radius 2 is 1.84 bits per heavy atom. The first kappa shape index (κ1) is 13.6. The highest BCUT2D eigenvalue weighted by Crippen LogP contribution is 2.40. The smallest absolute Gasteiger partial charge is 0.142 e. The molecule has 3 rings (SSSR count). The molecule has 2 nitrogen and oxygen atoms in total. The standard InChI is InChI=1S/C17H29NO/c1-17(2)9-7-15(16(17)19)12-18-10-8-13-5-3-4-6-14(13)11-18/h13-15H,3-12H2,1-2H3. The van der Waals surface area contributed by atoms with E-state index in [1.54, 1.807) is 0 Å². The number of carbonyl (C=O) groups is 1. The largest absolute Gasteiger partial charge is 0.302 e. The fourth-order valence-corrected chi connectivity index (χ4v) is 4.67. The van der Waals surface area contributed by atoms with Crippen LogP contribution in [0.2, 0.25) is 0 Å². The van der Waals surface area contributed by atoms with Crippen LogP contribution >= 0.6 is 0 Å². The Labute approximate surface area is 117 Å². The maximum atomic E-state index is 12.4. The number of fused-ring (bicyclic) bond motifs is 1. The molecule has 0 aromatic rings. The highest BCUT2D eigenvalue weighted by atomic mass is 16.1. The van der Waals surface area contributed by atoms with Gasteiger partial charge in [0.1, 0.15) is 5.78 Å². The Kier molecular flexibility index (Phi) is 3.72. The lowest BCUT2D eigenvalue weighted by atomic mass is 9.75. The average Bonchev–Trinajstić information content (AvgIpc) is 2.66. The van der Waals surface area contributed by atoms with Gasteiger partial charge in [-0.15, -0.1) is 0 Å². The number of carbonyl (C=O) groups excluding carboxylic acids is 1. The first-order valence-corrected chi connectivity index (χ1v) is 8.33. The molecule has 3 unspecified atom stereocenters. The molecule has 0 N–H and O–H groups in total. The number of ketones is 1. The van der Waals surface area contributed by atoms with Gasteiger partial charge >= 0.3 is 0 Å². The predicted octanol–water partition coefficient (Wildman–Crippen LogP) is 3.50. The maximum Gasteiger partial charge on any atom is 0.142 e. The molecule has 1 aliphatic heterocycles. The summed E-state index contributed by atoms with van der Waals surface area (Å²) in [7, 11) is 0. The second-order valence-corrected chi connectivity index (χ2v) is 7.84. The minimum absolute atomic E-state index is 0.0478. The molecule has 0 aromatic carbocycles.